The highest BCUT2D eigenvalue weighted by atomic mass is 16.2. The minimum atomic E-state index is -0.119. The zero-order valence-corrected chi connectivity index (χ0v) is 18.5. The van der Waals surface area contributed by atoms with Crippen molar-refractivity contribution < 1.29 is 9.59 Å². The van der Waals surface area contributed by atoms with Crippen molar-refractivity contribution in [2.45, 2.75) is 32.7 Å². The summed E-state index contributed by atoms with van der Waals surface area (Å²) in [7, 11) is 0. The fourth-order valence-corrected chi connectivity index (χ4v) is 3.97. The molecule has 4 rings (SSSR count). The number of likely N-dealkylation sites (tertiary alicyclic amines) is 1. The fraction of sp³-hybridized carbons (Fsp3) is 0.269. The second-order valence-corrected chi connectivity index (χ2v) is 8.20. The Kier molecular flexibility index (Phi) is 6.50. The quantitative estimate of drug-likeness (QED) is 0.629. The van der Waals surface area contributed by atoms with Gasteiger partial charge in [-0.25, -0.2) is 0 Å². The topological polar surface area (TPSA) is 74.3 Å². The molecule has 0 atom stereocenters. The first kappa shape index (κ1) is 21.6. The van der Waals surface area contributed by atoms with Gasteiger partial charge in [-0.2, -0.15) is 0 Å². The lowest BCUT2D eigenvalue weighted by Gasteiger charge is -2.33. The van der Waals surface area contributed by atoms with Crippen LogP contribution in [-0.2, 0) is 0 Å². The van der Waals surface area contributed by atoms with Gasteiger partial charge in [0.2, 0.25) is 0 Å². The number of anilines is 2. The van der Waals surface area contributed by atoms with Crippen molar-refractivity contribution >= 4 is 23.2 Å². The van der Waals surface area contributed by atoms with Gasteiger partial charge in [0, 0.05) is 37.2 Å². The van der Waals surface area contributed by atoms with E-state index in [2.05, 4.69) is 35.5 Å². The molecule has 0 unspecified atom stereocenters. The number of benzene rings is 2. The lowest BCUT2D eigenvalue weighted by molar-refractivity contribution is 0.0699. The van der Waals surface area contributed by atoms with E-state index in [4.69, 9.17) is 0 Å². The smallest absolute Gasteiger partial charge is 0.255 e. The molecule has 6 nitrogen and oxygen atoms in total. The summed E-state index contributed by atoms with van der Waals surface area (Å²) < 4.78 is 0. The molecule has 1 saturated heterocycles. The number of nitrogens with one attached hydrogen (secondary N) is 2. The van der Waals surface area contributed by atoms with Crippen LogP contribution in [0.5, 0.6) is 0 Å². The summed E-state index contributed by atoms with van der Waals surface area (Å²) in [5.41, 5.74) is 5.39. The van der Waals surface area contributed by atoms with Crippen molar-refractivity contribution in [3.05, 3.63) is 89.2 Å². The highest BCUT2D eigenvalue weighted by molar-refractivity contribution is 6.00. The summed E-state index contributed by atoms with van der Waals surface area (Å²) in [6.07, 6.45) is 4.66. The van der Waals surface area contributed by atoms with Crippen molar-refractivity contribution in [3.63, 3.8) is 0 Å². The molecule has 164 valence electrons. The summed E-state index contributed by atoms with van der Waals surface area (Å²) in [4.78, 5) is 31.6. The van der Waals surface area contributed by atoms with Crippen molar-refractivity contribution in [2.24, 2.45) is 0 Å². The Hall–Kier alpha value is -3.67. The largest absolute Gasteiger partial charge is 0.355 e. The molecular weight excluding hydrogens is 400 g/mol. The molecule has 0 aliphatic carbocycles. The van der Waals surface area contributed by atoms with Crippen LogP contribution in [0.4, 0.5) is 11.4 Å². The second-order valence-electron chi connectivity index (χ2n) is 8.20. The van der Waals surface area contributed by atoms with Gasteiger partial charge in [0.05, 0.1) is 16.8 Å². The van der Waals surface area contributed by atoms with Gasteiger partial charge in [-0.15, -0.1) is 0 Å². The molecule has 0 bridgehead atoms. The minimum Gasteiger partial charge on any atom is -0.355 e. The highest BCUT2D eigenvalue weighted by Crippen LogP contribution is 2.27. The van der Waals surface area contributed by atoms with Gasteiger partial charge in [0.15, 0.2) is 0 Å². The van der Waals surface area contributed by atoms with Crippen LogP contribution in [0.3, 0.4) is 0 Å². The molecule has 1 fully saturated rings. The third-order valence-corrected chi connectivity index (χ3v) is 6.07. The van der Waals surface area contributed by atoms with E-state index >= 15 is 0 Å². The van der Waals surface area contributed by atoms with Gasteiger partial charge in [-0.3, -0.25) is 14.6 Å². The Balaban J connectivity index is 1.40. The van der Waals surface area contributed by atoms with Crippen LogP contribution in [0.15, 0.2) is 67.0 Å². The van der Waals surface area contributed by atoms with E-state index < -0.39 is 0 Å². The molecule has 1 aromatic heterocycles. The molecule has 6 heteroatoms. The Morgan fingerprint density at radius 2 is 1.69 bits per heavy atom. The van der Waals surface area contributed by atoms with E-state index in [1.807, 2.05) is 41.3 Å². The maximum Gasteiger partial charge on any atom is 0.255 e. The van der Waals surface area contributed by atoms with Gasteiger partial charge in [-0.05, 0) is 68.1 Å². The number of hydrogen-bond donors (Lipinski definition) is 2. The number of carbonyl (C=O) groups excluding carboxylic acids is 2. The maximum atomic E-state index is 13.3. The molecule has 0 saturated carbocycles. The molecule has 1 aliphatic rings. The summed E-state index contributed by atoms with van der Waals surface area (Å²) in [6.45, 7) is 5.37. The molecule has 2 N–H and O–H groups in total. The van der Waals surface area contributed by atoms with Crippen LogP contribution >= 0.6 is 0 Å². The zero-order valence-electron chi connectivity index (χ0n) is 18.5. The summed E-state index contributed by atoms with van der Waals surface area (Å²) in [5, 5.41) is 6.50. The molecule has 32 heavy (non-hydrogen) atoms. The average Bonchev–Trinajstić information content (AvgIpc) is 2.83. The molecular formula is C26H28N4O2. The van der Waals surface area contributed by atoms with Crippen LogP contribution in [0.1, 0.15) is 44.7 Å². The van der Waals surface area contributed by atoms with E-state index in [9.17, 15) is 9.59 Å². The van der Waals surface area contributed by atoms with E-state index in [1.54, 1.807) is 24.5 Å². The molecule has 2 aromatic carbocycles. The molecule has 0 spiro atoms. The number of piperidine rings is 1. The Morgan fingerprint density at radius 3 is 2.44 bits per heavy atom. The minimum absolute atomic E-state index is 0.00967. The van der Waals surface area contributed by atoms with E-state index in [0.29, 0.717) is 24.2 Å². The van der Waals surface area contributed by atoms with Crippen molar-refractivity contribution in [1.82, 2.24) is 15.2 Å². The number of carbonyl (C=O) groups is 2. The van der Waals surface area contributed by atoms with Gasteiger partial charge in [0.25, 0.3) is 11.8 Å². The standard InChI is InChI=1S/C26H28N4O2/c1-18-7-5-11-23(19(18)2)29-24-10-4-3-9-22(24)26(32)30-15-12-21(13-16-30)28-25(31)20-8-6-14-27-17-20/h3-11,14,17,21,29H,12-13,15-16H2,1-2H3,(H,28,31). The molecule has 2 amide bonds. The third-order valence-electron chi connectivity index (χ3n) is 6.07. The van der Waals surface area contributed by atoms with Gasteiger partial charge in [-0.1, -0.05) is 24.3 Å². The Bertz CT molecular complexity index is 1110. The number of amides is 2. The van der Waals surface area contributed by atoms with Gasteiger partial charge >= 0.3 is 0 Å². The molecule has 2 heterocycles. The third kappa shape index (κ3) is 4.80. The Morgan fingerprint density at radius 1 is 0.938 bits per heavy atom. The zero-order chi connectivity index (χ0) is 22.5. The van der Waals surface area contributed by atoms with Crippen LogP contribution < -0.4 is 10.6 Å². The highest BCUT2D eigenvalue weighted by Gasteiger charge is 2.26. The second kappa shape index (κ2) is 9.64. The van der Waals surface area contributed by atoms with E-state index in [1.165, 1.54) is 11.1 Å². The summed E-state index contributed by atoms with van der Waals surface area (Å²) >= 11 is 0. The van der Waals surface area contributed by atoms with Crippen LogP contribution in [0.25, 0.3) is 0 Å². The number of nitrogens with zero attached hydrogens (tertiary/aromatic N) is 2. The van der Waals surface area contributed by atoms with Crippen LogP contribution in [0, 0.1) is 13.8 Å². The average molecular weight is 429 g/mol. The first-order valence-electron chi connectivity index (χ1n) is 11.0. The lowest BCUT2D eigenvalue weighted by Crippen LogP contribution is -2.46. The lowest BCUT2D eigenvalue weighted by atomic mass is 10.0. The first-order valence-corrected chi connectivity index (χ1v) is 11.0. The van der Waals surface area contributed by atoms with Gasteiger partial charge in [0.1, 0.15) is 0 Å². The van der Waals surface area contributed by atoms with Crippen molar-refractivity contribution in [2.75, 3.05) is 18.4 Å². The molecule has 1 aliphatic heterocycles. The van der Waals surface area contributed by atoms with Crippen LogP contribution in [-0.4, -0.2) is 40.8 Å². The number of para-hydroxylation sites is 1. The number of pyridine rings is 1. The van der Waals surface area contributed by atoms with Gasteiger partial charge < -0.3 is 15.5 Å². The van der Waals surface area contributed by atoms with Crippen molar-refractivity contribution in [1.29, 1.82) is 0 Å². The number of aryl methyl sites for hydroxylation is 1. The normalized spacial score (nSPS) is 14.1. The number of rotatable bonds is 5. The monoisotopic (exact) mass is 428 g/mol. The summed E-state index contributed by atoms with van der Waals surface area (Å²) in [5.74, 6) is -0.110. The van der Waals surface area contributed by atoms with Crippen LogP contribution in [0.2, 0.25) is 0 Å². The molecule has 3 aromatic rings. The van der Waals surface area contributed by atoms with Crippen molar-refractivity contribution in [3.8, 4) is 0 Å². The predicted molar refractivity (Wildman–Crippen MR) is 126 cm³/mol. The number of hydrogen-bond acceptors (Lipinski definition) is 4. The predicted octanol–water partition coefficient (Wildman–Crippen LogP) is 4.48. The maximum absolute atomic E-state index is 13.3. The Labute approximate surface area is 188 Å². The van der Waals surface area contributed by atoms with E-state index in [-0.39, 0.29) is 17.9 Å². The fourth-order valence-electron chi connectivity index (χ4n) is 3.97. The molecule has 0 radical (unpaired) electrons. The summed E-state index contributed by atoms with van der Waals surface area (Å²) in [6, 6.07) is 17.3. The van der Waals surface area contributed by atoms with E-state index in [0.717, 1.165) is 24.2 Å². The first-order chi connectivity index (χ1) is 15.5. The number of aromatic nitrogens is 1. The SMILES string of the molecule is Cc1cccc(Nc2ccccc2C(=O)N2CCC(NC(=O)c3cccnc3)CC2)c1C.